The van der Waals surface area contributed by atoms with Crippen LogP contribution in [-0.4, -0.2) is 5.78 Å². The highest BCUT2D eigenvalue weighted by molar-refractivity contribution is 5.94. The fourth-order valence-corrected chi connectivity index (χ4v) is 2.41. The maximum atomic E-state index is 14.1. The van der Waals surface area contributed by atoms with E-state index in [2.05, 4.69) is 0 Å². The molecule has 0 atom stereocenters. The molecule has 0 amide bonds. The van der Waals surface area contributed by atoms with Gasteiger partial charge >= 0.3 is 0 Å². The SMILES string of the molecule is CC(=O)c1ccc(C(F)(F)CCCCc2ccccc2)cc1. The average Bonchev–Trinajstić information content (AvgIpc) is 2.53. The van der Waals surface area contributed by atoms with E-state index < -0.39 is 5.92 Å². The van der Waals surface area contributed by atoms with Crippen molar-refractivity contribution >= 4 is 5.78 Å². The van der Waals surface area contributed by atoms with Crippen LogP contribution in [0.5, 0.6) is 0 Å². The van der Waals surface area contributed by atoms with E-state index in [9.17, 15) is 13.6 Å². The van der Waals surface area contributed by atoms with Gasteiger partial charge in [-0.05, 0) is 31.7 Å². The molecule has 0 N–H and O–H groups in total. The van der Waals surface area contributed by atoms with Gasteiger partial charge in [0.1, 0.15) is 0 Å². The molecule has 2 rings (SSSR count). The van der Waals surface area contributed by atoms with E-state index in [4.69, 9.17) is 0 Å². The smallest absolute Gasteiger partial charge is 0.273 e. The van der Waals surface area contributed by atoms with Crippen LogP contribution in [0, 0.1) is 0 Å². The summed E-state index contributed by atoms with van der Waals surface area (Å²) < 4.78 is 28.3. The normalized spacial score (nSPS) is 11.4. The van der Waals surface area contributed by atoms with Crippen molar-refractivity contribution in [3.05, 3.63) is 71.3 Å². The van der Waals surface area contributed by atoms with Gasteiger partial charge in [-0.25, -0.2) is 8.78 Å². The van der Waals surface area contributed by atoms with Crippen molar-refractivity contribution in [3.8, 4) is 0 Å². The Labute approximate surface area is 130 Å². The molecule has 0 heterocycles. The van der Waals surface area contributed by atoms with Crippen LogP contribution in [0.25, 0.3) is 0 Å². The number of rotatable bonds is 7. The fraction of sp³-hybridized carbons (Fsp3) is 0.316. The Morgan fingerprint density at radius 2 is 1.59 bits per heavy atom. The van der Waals surface area contributed by atoms with Gasteiger partial charge in [-0.1, -0.05) is 54.6 Å². The monoisotopic (exact) mass is 302 g/mol. The van der Waals surface area contributed by atoms with Crippen molar-refractivity contribution in [2.45, 2.75) is 38.5 Å². The number of carbonyl (C=O) groups excluding carboxylic acids is 1. The lowest BCUT2D eigenvalue weighted by molar-refractivity contribution is -0.0157. The Morgan fingerprint density at radius 3 is 2.18 bits per heavy atom. The molecule has 0 radical (unpaired) electrons. The van der Waals surface area contributed by atoms with E-state index in [0.717, 1.165) is 12.8 Å². The summed E-state index contributed by atoms with van der Waals surface area (Å²) in [6.45, 7) is 1.43. The van der Waals surface area contributed by atoms with Gasteiger partial charge in [0.15, 0.2) is 5.78 Å². The number of unbranched alkanes of at least 4 members (excludes halogenated alkanes) is 1. The molecular formula is C19H20F2O. The van der Waals surface area contributed by atoms with Crippen LogP contribution in [-0.2, 0) is 12.3 Å². The molecule has 0 saturated heterocycles. The first-order valence-electron chi connectivity index (χ1n) is 7.52. The van der Waals surface area contributed by atoms with Crippen molar-refractivity contribution in [1.82, 2.24) is 0 Å². The molecule has 0 bridgehead atoms. The quantitative estimate of drug-likeness (QED) is 0.495. The summed E-state index contributed by atoms with van der Waals surface area (Å²) in [6.07, 6.45) is 1.86. The van der Waals surface area contributed by atoms with Crippen LogP contribution < -0.4 is 0 Å². The van der Waals surface area contributed by atoms with Gasteiger partial charge in [0.25, 0.3) is 5.92 Å². The van der Waals surface area contributed by atoms with Gasteiger partial charge in [0.05, 0.1) is 0 Å². The molecule has 0 aliphatic heterocycles. The van der Waals surface area contributed by atoms with E-state index in [1.54, 1.807) is 0 Å². The Hall–Kier alpha value is -2.03. The third-order valence-corrected chi connectivity index (χ3v) is 3.76. The van der Waals surface area contributed by atoms with Gasteiger partial charge in [0, 0.05) is 17.5 Å². The number of aryl methyl sites for hydroxylation is 1. The van der Waals surface area contributed by atoms with Crippen molar-refractivity contribution in [1.29, 1.82) is 0 Å². The number of hydrogen-bond acceptors (Lipinski definition) is 1. The third-order valence-electron chi connectivity index (χ3n) is 3.76. The van der Waals surface area contributed by atoms with Gasteiger partial charge in [-0.15, -0.1) is 0 Å². The summed E-state index contributed by atoms with van der Waals surface area (Å²) in [4.78, 5) is 11.2. The first-order chi connectivity index (χ1) is 10.5. The van der Waals surface area contributed by atoms with E-state index in [0.29, 0.717) is 12.0 Å². The molecule has 0 aliphatic carbocycles. The highest BCUT2D eigenvalue weighted by Crippen LogP contribution is 2.33. The number of Topliss-reactive ketones (excluding diaryl/α,β-unsaturated/α-hetero) is 1. The van der Waals surface area contributed by atoms with Gasteiger partial charge in [-0.2, -0.15) is 0 Å². The molecular weight excluding hydrogens is 282 g/mol. The molecule has 22 heavy (non-hydrogen) atoms. The first kappa shape index (κ1) is 16.3. The van der Waals surface area contributed by atoms with E-state index in [1.807, 2.05) is 30.3 Å². The van der Waals surface area contributed by atoms with Crippen LogP contribution in [0.2, 0.25) is 0 Å². The summed E-state index contributed by atoms with van der Waals surface area (Å²) in [5.74, 6) is -2.95. The molecule has 116 valence electrons. The zero-order valence-corrected chi connectivity index (χ0v) is 12.7. The standard InChI is InChI=1S/C19H20F2O/c1-15(22)17-10-12-18(13-11-17)19(20,21)14-6-5-9-16-7-3-2-4-8-16/h2-4,7-8,10-13H,5-6,9,14H2,1H3. The molecule has 0 saturated carbocycles. The lowest BCUT2D eigenvalue weighted by Gasteiger charge is -2.17. The lowest BCUT2D eigenvalue weighted by Crippen LogP contribution is -2.13. The van der Waals surface area contributed by atoms with Crippen molar-refractivity contribution < 1.29 is 13.6 Å². The van der Waals surface area contributed by atoms with E-state index in [-0.39, 0.29) is 17.8 Å². The third kappa shape index (κ3) is 4.48. The second-order valence-corrected chi connectivity index (χ2v) is 5.53. The second-order valence-electron chi connectivity index (χ2n) is 5.53. The molecule has 1 nitrogen and oxygen atoms in total. The number of ketones is 1. The number of benzene rings is 2. The zero-order valence-electron chi connectivity index (χ0n) is 12.7. The van der Waals surface area contributed by atoms with Crippen molar-refractivity contribution in [3.63, 3.8) is 0 Å². The predicted octanol–water partition coefficient (Wildman–Crippen LogP) is 5.39. The largest absolute Gasteiger partial charge is 0.295 e. The Kier molecular flexibility index (Phi) is 5.42. The van der Waals surface area contributed by atoms with Crippen LogP contribution in [0.1, 0.15) is 47.7 Å². The van der Waals surface area contributed by atoms with Crippen LogP contribution >= 0.6 is 0 Å². The summed E-state index contributed by atoms with van der Waals surface area (Å²) in [5, 5.41) is 0. The molecule has 0 unspecified atom stereocenters. The minimum atomic E-state index is -2.84. The molecule has 0 fully saturated rings. The number of carbonyl (C=O) groups is 1. The Morgan fingerprint density at radius 1 is 0.955 bits per heavy atom. The second kappa shape index (κ2) is 7.30. The average molecular weight is 302 g/mol. The van der Waals surface area contributed by atoms with Crippen molar-refractivity contribution in [2.75, 3.05) is 0 Å². The predicted molar refractivity (Wildman–Crippen MR) is 84.3 cm³/mol. The summed E-state index contributed by atoms with van der Waals surface area (Å²) in [7, 11) is 0. The highest BCUT2D eigenvalue weighted by Gasteiger charge is 2.30. The van der Waals surface area contributed by atoms with Crippen LogP contribution in [0.3, 0.4) is 0 Å². The maximum absolute atomic E-state index is 14.1. The summed E-state index contributed by atoms with van der Waals surface area (Å²) in [5.41, 5.74) is 1.62. The minimum absolute atomic E-state index is 0.0165. The topological polar surface area (TPSA) is 17.1 Å². The Bertz CT molecular complexity index is 603. The highest BCUT2D eigenvalue weighted by atomic mass is 19.3. The number of hydrogen-bond donors (Lipinski definition) is 0. The van der Waals surface area contributed by atoms with E-state index in [1.165, 1.54) is 36.8 Å². The van der Waals surface area contributed by atoms with Crippen LogP contribution in [0.4, 0.5) is 8.78 Å². The summed E-state index contributed by atoms with van der Waals surface area (Å²) in [6, 6.07) is 15.5. The van der Waals surface area contributed by atoms with Gasteiger partial charge in [-0.3, -0.25) is 4.79 Å². The Balaban J connectivity index is 1.86. The maximum Gasteiger partial charge on any atom is 0.273 e. The molecule has 0 aliphatic rings. The van der Waals surface area contributed by atoms with Crippen molar-refractivity contribution in [2.24, 2.45) is 0 Å². The number of alkyl halides is 2. The molecule has 2 aromatic rings. The molecule has 2 aromatic carbocycles. The molecule has 3 heteroatoms. The van der Waals surface area contributed by atoms with Gasteiger partial charge in [0.2, 0.25) is 0 Å². The minimum Gasteiger partial charge on any atom is -0.295 e. The fourth-order valence-electron chi connectivity index (χ4n) is 2.41. The van der Waals surface area contributed by atoms with Gasteiger partial charge < -0.3 is 0 Å². The lowest BCUT2D eigenvalue weighted by atomic mass is 9.99. The van der Waals surface area contributed by atoms with Crippen LogP contribution in [0.15, 0.2) is 54.6 Å². The van der Waals surface area contributed by atoms with E-state index >= 15 is 0 Å². The first-order valence-corrected chi connectivity index (χ1v) is 7.52. The molecule has 0 spiro atoms. The summed E-state index contributed by atoms with van der Waals surface area (Å²) >= 11 is 0. The number of halogens is 2. The molecule has 0 aromatic heterocycles. The zero-order chi connectivity index (χ0) is 16.0.